The van der Waals surface area contributed by atoms with Crippen LogP contribution in [0.2, 0.25) is 0 Å². The summed E-state index contributed by atoms with van der Waals surface area (Å²) in [5.74, 6) is -0.148. The Kier molecular flexibility index (Phi) is 5.13. The molecule has 18 heavy (non-hydrogen) atoms. The van der Waals surface area contributed by atoms with Crippen LogP contribution in [0.5, 0.6) is 0 Å². The molecule has 0 aliphatic carbocycles. The molecular formula is C14H21NO3. The van der Waals surface area contributed by atoms with E-state index in [0.717, 1.165) is 18.7 Å². The normalized spacial score (nSPS) is 19.1. The van der Waals surface area contributed by atoms with Crippen molar-refractivity contribution < 1.29 is 14.9 Å². The van der Waals surface area contributed by atoms with Crippen molar-refractivity contribution in [3.8, 4) is 0 Å². The minimum Gasteiger partial charge on any atom is -0.396 e. The molecule has 1 aromatic carbocycles. The number of hydrogen-bond acceptors (Lipinski definition) is 4. The fourth-order valence-electron chi connectivity index (χ4n) is 2.54. The predicted molar refractivity (Wildman–Crippen MR) is 69.2 cm³/mol. The van der Waals surface area contributed by atoms with Crippen molar-refractivity contribution >= 4 is 0 Å². The minimum absolute atomic E-state index is 0.00653. The van der Waals surface area contributed by atoms with Gasteiger partial charge in [0.1, 0.15) is 0 Å². The molecule has 2 N–H and O–H groups in total. The van der Waals surface area contributed by atoms with E-state index in [2.05, 4.69) is 17.0 Å². The maximum Gasteiger partial charge on any atom is 0.0594 e. The van der Waals surface area contributed by atoms with E-state index < -0.39 is 0 Å². The number of hydrogen-bond donors (Lipinski definition) is 2. The van der Waals surface area contributed by atoms with Gasteiger partial charge < -0.3 is 14.9 Å². The molecule has 1 aliphatic heterocycles. The van der Waals surface area contributed by atoms with E-state index in [4.69, 9.17) is 4.74 Å². The van der Waals surface area contributed by atoms with Gasteiger partial charge in [-0.2, -0.15) is 0 Å². The summed E-state index contributed by atoms with van der Waals surface area (Å²) < 4.78 is 5.37. The van der Waals surface area contributed by atoms with Gasteiger partial charge in [-0.05, 0) is 5.56 Å². The summed E-state index contributed by atoms with van der Waals surface area (Å²) >= 11 is 0. The Hall–Kier alpha value is -0.940. The number of rotatable bonds is 5. The summed E-state index contributed by atoms with van der Waals surface area (Å²) in [5, 5.41) is 18.9. The van der Waals surface area contributed by atoms with Gasteiger partial charge in [0.05, 0.1) is 13.2 Å². The first-order valence-corrected chi connectivity index (χ1v) is 6.45. The lowest BCUT2D eigenvalue weighted by molar-refractivity contribution is -0.0165. The van der Waals surface area contributed by atoms with Crippen LogP contribution in [0.3, 0.4) is 0 Å². The highest BCUT2D eigenvalue weighted by Gasteiger charge is 2.29. The predicted octanol–water partition coefficient (Wildman–Crippen LogP) is 0.661. The Balaban J connectivity index is 2.21. The lowest BCUT2D eigenvalue weighted by Crippen LogP contribution is -2.43. The summed E-state index contributed by atoms with van der Waals surface area (Å²) in [7, 11) is 0. The van der Waals surface area contributed by atoms with Crippen molar-refractivity contribution in [2.45, 2.75) is 6.04 Å². The lowest BCUT2D eigenvalue weighted by atomic mass is 9.92. The van der Waals surface area contributed by atoms with Gasteiger partial charge in [0.15, 0.2) is 0 Å². The third-order valence-electron chi connectivity index (χ3n) is 3.50. The Labute approximate surface area is 108 Å². The highest BCUT2D eigenvalue weighted by Crippen LogP contribution is 2.29. The van der Waals surface area contributed by atoms with E-state index in [0.29, 0.717) is 13.2 Å². The molecule has 0 amide bonds. The molecule has 100 valence electrons. The smallest absolute Gasteiger partial charge is 0.0594 e. The second-order valence-corrected chi connectivity index (χ2v) is 4.63. The second kappa shape index (κ2) is 6.85. The van der Waals surface area contributed by atoms with Crippen LogP contribution in [0, 0.1) is 5.92 Å². The topological polar surface area (TPSA) is 52.9 Å². The van der Waals surface area contributed by atoms with E-state index in [1.165, 1.54) is 0 Å². The van der Waals surface area contributed by atoms with Crippen molar-refractivity contribution in [1.82, 2.24) is 4.90 Å². The highest BCUT2D eigenvalue weighted by molar-refractivity contribution is 5.20. The van der Waals surface area contributed by atoms with E-state index in [9.17, 15) is 10.2 Å². The van der Waals surface area contributed by atoms with E-state index >= 15 is 0 Å². The molecule has 1 saturated heterocycles. The number of ether oxygens (including phenoxy) is 1. The Bertz CT molecular complexity index is 334. The fourth-order valence-corrected chi connectivity index (χ4v) is 2.54. The van der Waals surface area contributed by atoms with E-state index in [1.807, 2.05) is 18.2 Å². The first-order chi connectivity index (χ1) is 8.86. The molecule has 1 fully saturated rings. The van der Waals surface area contributed by atoms with Crippen molar-refractivity contribution in [2.24, 2.45) is 5.92 Å². The molecular weight excluding hydrogens is 230 g/mol. The molecule has 0 radical (unpaired) electrons. The largest absolute Gasteiger partial charge is 0.396 e. The van der Waals surface area contributed by atoms with E-state index in [1.54, 1.807) is 0 Å². The average molecular weight is 251 g/mol. The van der Waals surface area contributed by atoms with Gasteiger partial charge in [-0.3, -0.25) is 4.90 Å². The standard InChI is InChI=1S/C14H21NO3/c16-10-13(11-17)14(12-4-2-1-3-5-12)15-6-8-18-9-7-15/h1-5,13-14,16-17H,6-11H2/t14-/m1/s1. The minimum atomic E-state index is -0.148. The molecule has 1 aromatic rings. The molecule has 0 spiro atoms. The van der Waals surface area contributed by atoms with Gasteiger partial charge in [0, 0.05) is 38.3 Å². The zero-order chi connectivity index (χ0) is 12.8. The van der Waals surface area contributed by atoms with Crippen molar-refractivity contribution in [3.05, 3.63) is 35.9 Å². The quantitative estimate of drug-likeness (QED) is 0.807. The summed E-state index contributed by atoms with van der Waals surface area (Å²) in [4.78, 5) is 2.29. The van der Waals surface area contributed by atoms with Gasteiger partial charge >= 0.3 is 0 Å². The molecule has 4 nitrogen and oxygen atoms in total. The van der Waals surface area contributed by atoms with Gasteiger partial charge in [-0.25, -0.2) is 0 Å². The van der Waals surface area contributed by atoms with Crippen LogP contribution in [0.15, 0.2) is 30.3 Å². The monoisotopic (exact) mass is 251 g/mol. The van der Waals surface area contributed by atoms with Crippen LogP contribution in [-0.2, 0) is 4.74 Å². The molecule has 1 aliphatic rings. The number of aliphatic hydroxyl groups is 2. The summed E-state index contributed by atoms with van der Waals surface area (Å²) in [6, 6.07) is 10.1. The fraction of sp³-hybridized carbons (Fsp3) is 0.571. The molecule has 4 heteroatoms. The molecule has 1 atom stereocenters. The number of morpholine rings is 1. The third-order valence-corrected chi connectivity index (χ3v) is 3.50. The van der Waals surface area contributed by atoms with Crippen LogP contribution in [0.25, 0.3) is 0 Å². The Morgan fingerprint density at radius 3 is 2.22 bits per heavy atom. The van der Waals surface area contributed by atoms with Gasteiger partial charge in [-0.15, -0.1) is 0 Å². The van der Waals surface area contributed by atoms with Crippen LogP contribution in [0.4, 0.5) is 0 Å². The van der Waals surface area contributed by atoms with Crippen LogP contribution in [-0.4, -0.2) is 54.6 Å². The molecule has 2 rings (SSSR count). The molecule has 0 saturated carbocycles. The molecule has 0 aromatic heterocycles. The Morgan fingerprint density at radius 2 is 1.67 bits per heavy atom. The van der Waals surface area contributed by atoms with Crippen LogP contribution in [0.1, 0.15) is 11.6 Å². The zero-order valence-electron chi connectivity index (χ0n) is 10.5. The first-order valence-electron chi connectivity index (χ1n) is 6.45. The van der Waals surface area contributed by atoms with Gasteiger partial charge in [0.2, 0.25) is 0 Å². The molecule has 0 unspecified atom stereocenters. The van der Waals surface area contributed by atoms with E-state index in [-0.39, 0.29) is 25.2 Å². The van der Waals surface area contributed by atoms with Crippen LogP contribution >= 0.6 is 0 Å². The summed E-state index contributed by atoms with van der Waals surface area (Å²) in [6.45, 7) is 3.10. The maximum absolute atomic E-state index is 9.47. The number of nitrogens with zero attached hydrogens (tertiary/aromatic N) is 1. The zero-order valence-corrected chi connectivity index (χ0v) is 10.5. The average Bonchev–Trinajstić information content (AvgIpc) is 2.46. The van der Waals surface area contributed by atoms with Crippen molar-refractivity contribution in [2.75, 3.05) is 39.5 Å². The van der Waals surface area contributed by atoms with Crippen molar-refractivity contribution in [3.63, 3.8) is 0 Å². The Morgan fingerprint density at radius 1 is 1.06 bits per heavy atom. The van der Waals surface area contributed by atoms with Gasteiger partial charge in [0.25, 0.3) is 0 Å². The highest BCUT2D eigenvalue weighted by atomic mass is 16.5. The van der Waals surface area contributed by atoms with Gasteiger partial charge in [-0.1, -0.05) is 30.3 Å². The first kappa shape index (κ1) is 13.5. The number of benzene rings is 1. The second-order valence-electron chi connectivity index (χ2n) is 4.63. The van der Waals surface area contributed by atoms with Crippen LogP contribution < -0.4 is 0 Å². The molecule has 0 bridgehead atoms. The maximum atomic E-state index is 9.47. The lowest BCUT2D eigenvalue weighted by Gasteiger charge is -2.38. The van der Waals surface area contributed by atoms with Crippen molar-refractivity contribution in [1.29, 1.82) is 0 Å². The molecule has 1 heterocycles. The summed E-state index contributed by atoms with van der Waals surface area (Å²) in [5.41, 5.74) is 1.15. The third kappa shape index (κ3) is 3.09. The summed E-state index contributed by atoms with van der Waals surface area (Å²) in [6.07, 6.45) is 0. The SMILES string of the molecule is OCC(CO)[C@@H](c1ccccc1)N1CCOCC1. The number of aliphatic hydroxyl groups excluding tert-OH is 2.